The molecule has 2 nitrogen and oxygen atoms in total. The molecule has 0 saturated heterocycles. The van der Waals surface area contributed by atoms with Gasteiger partial charge in [0, 0.05) is 11.6 Å². The van der Waals surface area contributed by atoms with Gasteiger partial charge in [-0.2, -0.15) is 0 Å². The summed E-state index contributed by atoms with van der Waals surface area (Å²) in [5.74, 6) is 0.558. The van der Waals surface area contributed by atoms with E-state index in [-0.39, 0.29) is 11.9 Å². The van der Waals surface area contributed by atoms with Gasteiger partial charge in [-0.3, -0.25) is 0 Å². The first-order valence-corrected chi connectivity index (χ1v) is 7.68. The van der Waals surface area contributed by atoms with Crippen LogP contribution in [0.4, 0.5) is 4.39 Å². The van der Waals surface area contributed by atoms with Crippen LogP contribution in [0.5, 0.6) is 5.75 Å². The maximum Gasteiger partial charge on any atom is 0.137 e. The van der Waals surface area contributed by atoms with Crippen molar-refractivity contribution in [3.05, 3.63) is 63.4 Å². The molecule has 2 N–H and O–H groups in total. The highest BCUT2D eigenvalue weighted by molar-refractivity contribution is 9.10. The molecule has 2 aromatic carbocycles. The summed E-state index contributed by atoms with van der Waals surface area (Å²) in [6.07, 6.45) is 0.751. The lowest BCUT2D eigenvalue weighted by molar-refractivity contribution is 0.298. The fraction of sp³-hybridized carbons (Fsp3) is 0.294. The third-order valence-electron chi connectivity index (χ3n) is 3.24. The Morgan fingerprint density at radius 1 is 1.19 bits per heavy atom. The van der Waals surface area contributed by atoms with Crippen molar-refractivity contribution in [2.24, 2.45) is 5.73 Å². The Labute approximate surface area is 133 Å². The molecule has 1 atom stereocenters. The van der Waals surface area contributed by atoms with Crippen molar-refractivity contribution in [2.45, 2.75) is 32.9 Å². The van der Waals surface area contributed by atoms with Crippen LogP contribution in [0.2, 0.25) is 0 Å². The molecular formula is C17H19BrFNO. The lowest BCUT2D eigenvalue weighted by Crippen LogP contribution is -2.18. The Morgan fingerprint density at radius 3 is 2.57 bits per heavy atom. The van der Waals surface area contributed by atoms with Gasteiger partial charge in [0.05, 0.1) is 4.47 Å². The molecular weight excluding hydrogens is 333 g/mol. The molecule has 0 aromatic heterocycles. The topological polar surface area (TPSA) is 35.2 Å². The first kappa shape index (κ1) is 16.0. The molecule has 0 heterocycles. The third kappa shape index (κ3) is 4.05. The molecule has 0 amide bonds. The smallest absolute Gasteiger partial charge is 0.137 e. The lowest BCUT2D eigenvalue weighted by atomic mass is 10.0. The van der Waals surface area contributed by atoms with Gasteiger partial charge in [-0.15, -0.1) is 0 Å². The second kappa shape index (κ2) is 7.05. The molecule has 0 aliphatic carbocycles. The van der Waals surface area contributed by atoms with Crippen molar-refractivity contribution in [1.29, 1.82) is 0 Å². The fourth-order valence-corrected chi connectivity index (χ4v) is 2.62. The van der Waals surface area contributed by atoms with Gasteiger partial charge in [0.1, 0.15) is 18.2 Å². The molecule has 1 unspecified atom stereocenters. The van der Waals surface area contributed by atoms with E-state index >= 15 is 0 Å². The van der Waals surface area contributed by atoms with E-state index in [1.165, 1.54) is 6.07 Å². The summed E-state index contributed by atoms with van der Waals surface area (Å²) in [5, 5.41) is 0. The van der Waals surface area contributed by atoms with E-state index in [1.807, 2.05) is 38.1 Å². The highest BCUT2D eigenvalue weighted by Gasteiger charge is 2.11. The average Bonchev–Trinajstić information content (AvgIpc) is 2.42. The lowest BCUT2D eigenvalue weighted by Gasteiger charge is -2.16. The maximum atomic E-state index is 13.5. The van der Waals surface area contributed by atoms with Crippen molar-refractivity contribution in [1.82, 2.24) is 0 Å². The minimum absolute atomic E-state index is 0.0649. The molecule has 4 heteroatoms. The molecule has 2 aromatic rings. The highest BCUT2D eigenvalue weighted by atomic mass is 79.9. The zero-order chi connectivity index (χ0) is 15.4. The van der Waals surface area contributed by atoms with Crippen LogP contribution in [0.25, 0.3) is 0 Å². The first-order valence-electron chi connectivity index (χ1n) is 6.88. The summed E-state index contributed by atoms with van der Waals surface area (Å²) >= 11 is 3.26. The Morgan fingerprint density at radius 2 is 1.86 bits per heavy atom. The minimum Gasteiger partial charge on any atom is -0.488 e. The second-order valence-electron chi connectivity index (χ2n) is 5.25. The van der Waals surface area contributed by atoms with Gasteiger partial charge in [-0.05, 0) is 53.4 Å². The van der Waals surface area contributed by atoms with Gasteiger partial charge in [0.2, 0.25) is 0 Å². The van der Waals surface area contributed by atoms with Crippen LogP contribution in [-0.4, -0.2) is 6.04 Å². The fourth-order valence-electron chi connectivity index (χ4n) is 2.24. The Kier molecular flexibility index (Phi) is 5.37. The molecule has 0 saturated carbocycles. The number of ether oxygens (including phenoxy) is 1. The molecule has 0 fully saturated rings. The molecule has 0 radical (unpaired) electrons. The van der Waals surface area contributed by atoms with Crippen molar-refractivity contribution in [3.8, 4) is 5.75 Å². The largest absolute Gasteiger partial charge is 0.488 e. The van der Waals surface area contributed by atoms with Crippen LogP contribution >= 0.6 is 15.9 Å². The van der Waals surface area contributed by atoms with Crippen molar-refractivity contribution in [3.63, 3.8) is 0 Å². The van der Waals surface area contributed by atoms with Crippen LogP contribution in [0.3, 0.4) is 0 Å². The molecule has 0 aliphatic heterocycles. The molecule has 0 aliphatic rings. The Bertz CT molecular complexity index is 628. The number of rotatable bonds is 5. The van der Waals surface area contributed by atoms with Crippen LogP contribution in [0.15, 0.2) is 40.9 Å². The molecule has 2 rings (SSSR count). The number of nitrogens with two attached hydrogens (primary N) is 1. The molecule has 112 valence electrons. The van der Waals surface area contributed by atoms with Gasteiger partial charge in [-0.1, -0.05) is 30.3 Å². The monoisotopic (exact) mass is 351 g/mol. The second-order valence-corrected chi connectivity index (χ2v) is 6.04. The quantitative estimate of drug-likeness (QED) is 0.868. The minimum atomic E-state index is -0.281. The van der Waals surface area contributed by atoms with Gasteiger partial charge >= 0.3 is 0 Å². The molecule has 0 spiro atoms. The number of halogens is 2. The van der Waals surface area contributed by atoms with Gasteiger partial charge in [-0.25, -0.2) is 4.39 Å². The number of para-hydroxylation sites is 1. The maximum absolute atomic E-state index is 13.5. The zero-order valence-electron chi connectivity index (χ0n) is 12.2. The van der Waals surface area contributed by atoms with Gasteiger partial charge in [0.15, 0.2) is 0 Å². The molecule has 21 heavy (non-hydrogen) atoms. The summed E-state index contributed by atoms with van der Waals surface area (Å²) in [7, 11) is 0. The van der Waals surface area contributed by atoms with Crippen LogP contribution in [-0.2, 0) is 13.0 Å². The number of hydrogen-bond donors (Lipinski definition) is 1. The van der Waals surface area contributed by atoms with E-state index in [1.54, 1.807) is 6.07 Å². The van der Waals surface area contributed by atoms with E-state index in [4.69, 9.17) is 10.5 Å². The normalized spacial score (nSPS) is 12.2. The highest BCUT2D eigenvalue weighted by Crippen LogP contribution is 2.27. The van der Waals surface area contributed by atoms with Crippen LogP contribution in [0, 0.1) is 12.7 Å². The molecule has 0 bridgehead atoms. The predicted octanol–water partition coefficient (Wildman–Crippen LogP) is 4.37. The number of benzene rings is 2. The first-order chi connectivity index (χ1) is 9.99. The standard InChI is InChI=1S/C17H19BrFNO/c1-11-5-3-6-13(9-12(2)20)17(11)21-10-14-7-4-8-15(19)16(14)18/h3-8,12H,9-10,20H2,1-2H3. The van der Waals surface area contributed by atoms with Crippen molar-refractivity contribution >= 4 is 15.9 Å². The van der Waals surface area contributed by atoms with Crippen LogP contribution < -0.4 is 10.5 Å². The summed E-state index contributed by atoms with van der Waals surface area (Å²) in [4.78, 5) is 0. The van der Waals surface area contributed by atoms with Crippen LogP contribution in [0.1, 0.15) is 23.6 Å². The Balaban J connectivity index is 2.21. The summed E-state index contributed by atoms with van der Waals surface area (Å²) < 4.78 is 19.9. The third-order valence-corrected chi connectivity index (χ3v) is 4.13. The van der Waals surface area contributed by atoms with Gasteiger partial charge in [0.25, 0.3) is 0 Å². The van der Waals surface area contributed by atoms with Gasteiger partial charge < -0.3 is 10.5 Å². The van der Waals surface area contributed by atoms with E-state index in [9.17, 15) is 4.39 Å². The summed E-state index contributed by atoms with van der Waals surface area (Å²) in [6, 6.07) is 11.0. The Hall–Kier alpha value is -1.39. The number of aryl methyl sites for hydroxylation is 1. The van der Waals surface area contributed by atoms with E-state index in [0.717, 1.165) is 28.9 Å². The van der Waals surface area contributed by atoms with Crippen molar-refractivity contribution < 1.29 is 9.13 Å². The van der Waals surface area contributed by atoms with E-state index < -0.39 is 0 Å². The number of hydrogen-bond acceptors (Lipinski definition) is 2. The predicted molar refractivity (Wildman–Crippen MR) is 87.0 cm³/mol. The summed E-state index contributed by atoms with van der Waals surface area (Å²) in [6.45, 7) is 4.28. The summed E-state index contributed by atoms with van der Waals surface area (Å²) in [5.41, 5.74) is 8.80. The SMILES string of the molecule is Cc1cccc(CC(C)N)c1OCc1cccc(F)c1Br. The van der Waals surface area contributed by atoms with E-state index in [0.29, 0.717) is 11.1 Å². The average molecular weight is 352 g/mol. The van der Waals surface area contributed by atoms with E-state index in [2.05, 4.69) is 15.9 Å². The van der Waals surface area contributed by atoms with Crippen molar-refractivity contribution in [2.75, 3.05) is 0 Å². The zero-order valence-corrected chi connectivity index (χ0v) is 13.8.